The van der Waals surface area contributed by atoms with Crippen LogP contribution in [-0.2, 0) is 0 Å². The first-order valence-electron chi connectivity index (χ1n) is 12.7. The first-order chi connectivity index (χ1) is 17.8. The highest BCUT2D eigenvalue weighted by Gasteiger charge is 2.14. The second kappa shape index (κ2) is 13.8. The highest BCUT2D eigenvalue weighted by molar-refractivity contribution is 6.01. The lowest BCUT2D eigenvalue weighted by molar-refractivity contribution is 0.583. The van der Waals surface area contributed by atoms with Gasteiger partial charge < -0.3 is 21.4 Å². The van der Waals surface area contributed by atoms with Crippen LogP contribution < -0.4 is 11.5 Å². The molecule has 6 N–H and O–H groups in total. The predicted octanol–water partition coefficient (Wildman–Crippen LogP) is 7.47. The summed E-state index contributed by atoms with van der Waals surface area (Å²) >= 11 is 0. The molecule has 226 valence electrons. The molecule has 2 heterocycles. The SMILES string of the molecule is CC(C)(C)N=C(N)c1ccc2nc(-c3ccc(-c4nc5ccc(C(N)=NC(C)(C)C)cc5[nH]4)cc3)[nH]c2c1.Cl.Cl.Cl.Cl. The second-order valence-electron chi connectivity index (χ2n) is 11.5. The van der Waals surface area contributed by atoms with Crippen LogP contribution in [0.4, 0.5) is 0 Å². The Morgan fingerprint density at radius 2 is 0.905 bits per heavy atom. The lowest BCUT2D eigenvalue weighted by Gasteiger charge is -2.13. The van der Waals surface area contributed by atoms with Crippen LogP contribution in [0.2, 0.25) is 0 Å². The lowest BCUT2D eigenvalue weighted by Crippen LogP contribution is -2.21. The highest BCUT2D eigenvalue weighted by atomic mass is 35.5. The quantitative estimate of drug-likeness (QED) is 0.118. The van der Waals surface area contributed by atoms with Gasteiger partial charge in [0.25, 0.3) is 0 Å². The van der Waals surface area contributed by atoms with Gasteiger partial charge in [-0.2, -0.15) is 0 Å². The average molecular weight is 653 g/mol. The van der Waals surface area contributed by atoms with Crippen LogP contribution in [-0.4, -0.2) is 42.7 Å². The van der Waals surface area contributed by atoms with Crippen molar-refractivity contribution >= 4 is 83.4 Å². The van der Waals surface area contributed by atoms with E-state index in [1.54, 1.807) is 0 Å². The van der Waals surface area contributed by atoms with Crippen LogP contribution in [0.3, 0.4) is 0 Å². The summed E-state index contributed by atoms with van der Waals surface area (Å²) in [6.45, 7) is 12.2. The van der Waals surface area contributed by atoms with Crippen LogP contribution in [0.1, 0.15) is 52.7 Å². The normalized spacial score (nSPS) is 12.2. The maximum Gasteiger partial charge on any atom is 0.138 e. The summed E-state index contributed by atoms with van der Waals surface area (Å²) in [5, 5.41) is 0. The minimum absolute atomic E-state index is 0. The molecule has 0 aliphatic heterocycles. The average Bonchev–Trinajstić information content (AvgIpc) is 3.45. The summed E-state index contributed by atoms with van der Waals surface area (Å²) in [4.78, 5) is 25.5. The van der Waals surface area contributed by atoms with Crippen molar-refractivity contribution in [1.82, 2.24) is 19.9 Å². The van der Waals surface area contributed by atoms with Gasteiger partial charge in [0.1, 0.15) is 23.3 Å². The number of nitrogens with one attached hydrogen (secondary N) is 2. The van der Waals surface area contributed by atoms with Crippen LogP contribution in [0.5, 0.6) is 0 Å². The summed E-state index contributed by atoms with van der Waals surface area (Å²) in [6.07, 6.45) is 0. The Hall–Kier alpha value is -3.30. The molecule has 0 atom stereocenters. The zero-order valence-electron chi connectivity index (χ0n) is 24.4. The van der Waals surface area contributed by atoms with Gasteiger partial charge in [-0.15, -0.1) is 49.6 Å². The standard InChI is InChI=1S/C30H34N8.4ClH/c1-29(2,3)37-25(31)19-11-13-21-23(15-19)35-27(33-21)17-7-9-18(10-8-17)28-34-22-14-12-20(16-24(22)36-28)26(32)38-30(4,5)6;;;;/h7-16H,1-6H3,(H2,31,37)(H2,32,38)(H,33,35)(H,34,36);4*1H. The number of hydrogen-bond acceptors (Lipinski definition) is 4. The molecule has 0 saturated heterocycles. The summed E-state index contributed by atoms with van der Waals surface area (Å²) < 4.78 is 0. The molecule has 0 radical (unpaired) electrons. The molecule has 0 unspecified atom stereocenters. The number of aromatic amines is 2. The van der Waals surface area contributed by atoms with E-state index in [0.717, 1.165) is 56.0 Å². The molecular formula is C30H38Cl4N8. The van der Waals surface area contributed by atoms with Crippen molar-refractivity contribution in [2.24, 2.45) is 21.5 Å². The third-order valence-corrected chi connectivity index (χ3v) is 5.90. The number of hydrogen-bond donors (Lipinski definition) is 4. The summed E-state index contributed by atoms with van der Waals surface area (Å²) in [5.41, 5.74) is 19.3. The molecule has 42 heavy (non-hydrogen) atoms. The fourth-order valence-electron chi connectivity index (χ4n) is 4.25. The Bertz CT molecular complexity index is 1580. The zero-order chi connectivity index (χ0) is 27.2. The topological polar surface area (TPSA) is 134 Å². The van der Waals surface area contributed by atoms with Crippen LogP contribution >= 0.6 is 49.6 Å². The number of amidine groups is 2. The molecule has 0 aliphatic carbocycles. The van der Waals surface area contributed by atoms with E-state index in [1.807, 2.05) is 102 Å². The van der Waals surface area contributed by atoms with E-state index < -0.39 is 0 Å². The van der Waals surface area contributed by atoms with E-state index in [9.17, 15) is 0 Å². The summed E-state index contributed by atoms with van der Waals surface area (Å²) in [5.74, 6) is 2.61. The number of aromatic nitrogens is 4. The third kappa shape index (κ3) is 8.38. The van der Waals surface area contributed by atoms with Gasteiger partial charge in [0, 0.05) is 22.3 Å². The zero-order valence-corrected chi connectivity index (χ0v) is 27.6. The van der Waals surface area contributed by atoms with Gasteiger partial charge in [-0.1, -0.05) is 24.3 Å². The molecule has 3 aromatic carbocycles. The van der Waals surface area contributed by atoms with E-state index in [2.05, 4.69) is 20.0 Å². The minimum Gasteiger partial charge on any atom is -0.383 e. The number of rotatable bonds is 4. The molecular weight excluding hydrogens is 614 g/mol. The van der Waals surface area contributed by atoms with Crippen LogP contribution in [0.25, 0.3) is 44.8 Å². The van der Waals surface area contributed by atoms with Crippen molar-refractivity contribution in [2.75, 3.05) is 0 Å². The van der Waals surface area contributed by atoms with Gasteiger partial charge in [-0.05, 0) is 77.9 Å². The highest BCUT2D eigenvalue weighted by Crippen LogP contribution is 2.26. The van der Waals surface area contributed by atoms with Gasteiger partial charge in [0.15, 0.2) is 0 Å². The van der Waals surface area contributed by atoms with E-state index in [-0.39, 0.29) is 60.7 Å². The molecule has 5 rings (SSSR count). The molecule has 0 spiro atoms. The third-order valence-electron chi connectivity index (χ3n) is 5.90. The number of imidazole rings is 2. The number of H-pyrrole nitrogens is 2. The number of aliphatic imine (C=N–C) groups is 2. The van der Waals surface area contributed by atoms with Crippen LogP contribution in [0, 0.1) is 0 Å². The fraction of sp³-hybridized carbons (Fsp3) is 0.267. The van der Waals surface area contributed by atoms with Gasteiger partial charge in [-0.3, -0.25) is 9.98 Å². The van der Waals surface area contributed by atoms with Gasteiger partial charge >= 0.3 is 0 Å². The molecule has 5 aromatic rings. The van der Waals surface area contributed by atoms with E-state index in [4.69, 9.17) is 21.4 Å². The maximum atomic E-state index is 6.23. The maximum absolute atomic E-state index is 6.23. The van der Waals surface area contributed by atoms with Crippen molar-refractivity contribution in [3.05, 3.63) is 71.8 Å². The van der Waals surface area contributed by atoms with E-state index in [0.29, 0.717) is 11.7 Å². The van der Waals surface area contributed by atoms with E-state index in [1.165, 1.54) is 0 Å². The van der Waals surface area contributed by atoms with Crippen molar-refractivity contribution in [3.8, 4) is 22.8 Å². The molecule has 0 aliphatic rings. The monoisotopic (exact) mass is 650 g/mol. The van der Waals surface area contributed by atoms with Gasteiger partial charge in [0.05, 0.1) is 33.1 Å². The Kier molecular flexibility index (Phi) is 12.1. The molecule has 2 aromatic heterocycles. The fourth-order valence-corrected chi connectivity index (χ4v) is 4.25. The second-order valence-corrected chi connectivity index (χ2v) is 11.5. The number of nitrogens with zero attached hydrogens (tertiary/aromatic N) is 4. The summed E-state index contributed by atoms with van der Waals surface area (Å²) in [7, 11) is 0. The first-order valence-corrected chi connectivity index (χ1v) is 12.7. The first kappa shape index (κ1) is 36.7. The van der Waals surface area contributed by atoms with Crippen molar-refractivity contribution in [2.45, 2.75) is 52.6 Å². The van der Waals surface area contributed by atoms with Gasteiger partial charge in [-0.25, -0.2) is 9.97 Å². The van der Waals surface area contributed by atoms with Crippen molar-refractivity contribution < 1.29 is 0 Å². The Balaban J connectivity index is 0.00000220. The molecule has 0 fully saturated rings. The largest absolute Gasteiger partial charge is 0.383 e. The number of fused-ring (bicyclic) bond motifs is 2. The number of nitrogens with two attached hydrogens (primary N) is 2. The molecule has 8 nitrogen and oxygen atoms in total. The minimum atomic E-state index is -0.240. The van der Waals surface area contributed by atoms with Crippen molar-refractivity contribution in [3.63, 3.8) is 0 Å². The molecule has 0 saturated carbocycles. The Labute approximate surface area is 270 Å². The predicted molar refractivity (Wildman–Crippen MR) is 187 cm³/mol. The molecule has 0 amide bonds. The van der Waals surface area contributed by atoms with E-state index >= 15 is 0 Å². The lowest BCUT2D eigenvalue weighted by atomic mass is 10.1. The number of halogens is 4. The molecule has 0 bridgehead atoms. The van der Waals surface area contributed by atoms with Crippen molar-refractivity contribution in [1.29, 1.82) is 0 Å². The Morgan fingerprint density at radius 3 is 1.21 bits per heavy atom. The van der Waals surface area contributed by atoms with Crippen LogP contribution in [0.15, 0.2) is 70.6 Å². The molecule has 12 heteroatoms. The van der Waals surface area contributed by atoms with Gasteiger partial charge in [0.2, 0.25) is 0 Å². The number of benzene rings is 3. The smallest absolute Gasteiger partial charge is 0.138 e. The summed E-state index contributed by atoms with van der Waals surface area (Å²) in [6, 6.07) is 20.0. The Morgan fingerprint density at radius 1 is 0.571 bits per heavy atom.